The van der Waals surface area contributed by atoms with Gasteiger partial charge in [-0.2, -0.15) is 10.2 Å². The third-order valence-electron chi connectivity index (χ3n) is 5.84. The number of amides is 1. The summed E-state index contributed by atoms with van der Waals surface area (Å²) in [6.45, 7) is 1.93. The second-order valence-corrected chi connectivity index (χ2v) is 7.83. The number of carbonyl (C=O) groups is 1. The lowest BCUT2D eigenvalue weighted by atomic mass is 9.88. The highest BCUT2D eigenvalue weighted by Crippen LogP contribution is 2.35. The monoisotopic (exact) mass is 450 g/mol. The van der Waals surface area contributed by atoms with Crippen molar-refractivity contribution in [1.29, 1.82) is 0 Å². The molecule has 0 aliphatic rings. The van der Waals surface area contributed by atoms with E-state index >= 15 is 0 Å². The van der Waals surface area contributed by atoms with Crippen LogP contribution in [0, 0.1) is 6.92 Å². The first-order valence-corrected chi connectivity index (χ1v) is 10.7. The van der Waals surface area contributed by atoms with Gasteiger partial charge < -0.3 is 15.0 Å². The molecular formula is C26H22N6O2. The third-order valence-corrected chi connectivity index (χ3v) is 5.84. The van der Waals surface area contributed by atoms with E-state index in [4.69, 9.17) is 4.74 Å². The zero-order chi connectivity index (χ0) is 23.5. The highest BCUT2D eigenvalue weighted by atomic mass is 16.5. The molecular weight excluding hydrogens is 428 g/mol. The number of rotatable bonds is 6. The molecule has 34 heavy (non-hydrogen) atoms. The van der Waals surface area contributed by atoms with E-state index in [9.17, 15) is 4.79 Å². The Balaban J connectivity index is 1.56. The van der Waals surface area contributed by atoms with Crippen molar-refractivity contribution in [2.24, 2.45) is 0 Å². The lowest BCUT2D eigenvalue weighted by molar-refractivity contribution is -0.134. The Labute approximate surface area is 196 Å². The molecule has 8 heteroatoms. The Hall–Kier alpha value is -4.43. The summed E-state index contributed by atoms with van der Waals surface area (Å²) >= 11 is 0. The van der Waals surface area contributed by atoms with Crippen molar-refractivity contribution in [1.82, 2.24) is 25.1 Å². The highest BCUT2D eigenvalue weighted by molar-refractivity contribution is 6.01. The molecule has 5 rings (SSSR count). The SMILES string of the molecule is CO[C@@](C(=O)Nc1cncc(-c2cnnc3ccccc23)c1)(c1ncc[nH]1)c1ccccc1C. The number of ether oxygens (including phenoxy) is 1. The molecule has 0 fully saturated rings. The highest BCUT2D eigenvalue weighted by Gasteiger charge is 2.46. The third kappa shape index (κ3) is 3.60. The van der Waals surface area contributed by atoms with E-state index in [1.54, 1.807) is 31.0 Å². The van der Waals surface area contributed by atoms with E-state index in [-0.39, 0.29) is 0 Å². The fourth-order valence-electron chi connectivity index (χ4n) is 4.19. The number of nitrogens with zero attached hydrogens (tertiary/aromatic N) is 4. The maximum Gasteiger partial charge on any atom is 0.269 e. The Kier molecular flexibility index (Phi) is 5.57. The number of methoxy groups -OCH3 is 1. The van der Waals surface area contributed by atoms with Gasteiger partial charge in [0.2, 0.25) is 5.60 Å². The van der Waals surface area contributed by atoms with Crippen molar-refractivity contribution >= 4 is 22.5 Å². The minimum Gasteiger partial charge on any atom is -0.357 e. The smallest absolute Gasteiger partial charge is 0.269 e. The van der Waals surface area contributed by atoms with E-state index in [0.717, 1.165) is 27.6 Å². The second-order valence-electron chi connectivity index (χ2n) is 7.83. The normalized spacial score (nSPS) is 12.9. The summed E-state index contributed by atoms with van der Waals surface area (Å²) in [7, 11) is 1.50. The van der Waals surface area contributed by atoms with Crippen LogP contribution in [-0.2, 0) is 15.1 Å². The van der Waals surface area contributed by atoms with Crippen LogP contribution in [0.15, 0.2) is 85.6 Å². The summed E-state index contributed by atoms with van der Waals surface area (Å²) in [6, 6.07) is 17.2. The van der Waals surface area contributed by atoms with Crippen LogP contribution in [0.2, 0.25) is 0 Å². The molecule has 3 heterocycles. The van der Waals surface area contributed by atoms with Gasteiger partial charge in [-0.1, -0.05) is 42.5 Å². The molecule has 8 nitrogen and oxygen atoms in total. The zero-order valence-corrected chi connectivity index (χ0v) is 18.7. The maximum atomic E-state index is 13.8. The molecule has 1 atom stereocenters. The number of carbonyl (C=O) groups excluding carboxylic acids is 1. The number of aromatic amines is 1. The van der Waals surface area contributed by atoms with Gasteiger partial charge >= 0.3 is 0 Å². The van der Waals surface area contributed by atoms with Crippen LogP contribution in [0.3, 0.4) is 0 Å². The van der Waals surface area contributed by atoms with Gasteiger partial charge in [0.1, 0.15) is 0 Å². The first-order chi connectivity index (χ1) is 16.6. The van der Waals surface area contributed by atoms with Crippen molar-refractivity contribution in [3.05, 3.63) is 103 Å². The predicted octanol–water partition coefficient (Wildman–Crippen LogP) is 4.25. The number of pyridine rings is 1. The number of fused-ring (bicyclic) bond motifs is 1. The molecule has 168 valence electrons. The molecule has 0 spiro atoms. The van der Waals surface area contributed by atoms with Crippen LogP contribution in [0.5, 0.6) is 0 Å². The van der Waals surface area contributed by atoms with Gasteiger partial charge in [-0.25, -0.2) is 4.98 Å². The molecule has 1 amide bonds. The van der Waals surface area contributed by atoms with Crippen LogP contribution in [0.1, 0.15) is 17.0 Å². The summed E-state index contributed by atoms with van der Waals surface area (Å²) in [5.74, 6) is -0.00819. The molecule has 0 bridgehead atoms. The van der Waals surface area contributed by atoms with Gasteiger partial charge in [0, 0.05) is 47.8 Å². The average Bonchev–Trinajstić information content (AvgIpc) is 3.41. The summed E-state index contributed by atoms with van der Waals surface area (Å²) in [6.07, 6.45) is 8.28. The number of benzene rings is 2. The van der Waals surface area contributed by atoms with Crippen LogP contribution in [-0.4, -0.2) is 38.2 Å². The molecule has 2 N–H and O–H groups in total. The van der Waals surface area contributed by atoms with Crippen LogP contribution in [0.25, 0.3) is 22.0 Å². The first kappa shape index (κ1) is 21.4. The number of hydrogen-bond acceptors (Lipinski definition) is 6. The molecule has 2 aromatic carbocycles. The fraction of sp³-hybridized carbons (Fsp3) is 0.115. The zero-order valence-electron chi connectivity index (χ0n) is 18.7. The van der Waals surface area contributed by atoms with E-state index in [2.05, 4.69) is 30.5 Å². The first-order valence-electron chi connectivity index (χ1n) is 10.7. The van der Waals surface area contributed by atoms with E-state index in [1.165, 1.54) is 7.11 Å². The van der Waals surface area contributed by atoms with Gasteiger partial charge in [-0.15, -0.1) is 0 Å². The number of H-pyrrole nitrogens is 1. The molecule has 0 radical (unpaired) electrons. The summed E-state index contributed by atoms with van der Waals surface area (Å²) in [4.78, 5) is 25.6. The molecule has 0 aliphatic heterocycles. The molecule has 0 aliphatic carbocycles. The minimum absolute atomic E-state index is 0.384. The van der Waals surface area contributed by atoms with Crippen LogP contribution >= 0.6 is 0 Å². The topological polar surface area (TPSA) is 106 Å². The standard InChI is InChI=1S/C26H22N6O2/c1-17-7-3-5-9-22(17)26(34-2,24-28-11-12-29-24)25(33)31-19-13-18(14-27-15-19)21-16-30-32-23-10-6-4-8-20(21)23/h3-16H,1-2H3,(H,28,29)(H,31,33)/t26-/m1/s1. The number of anilines is 1. The predicted molar refractivity (Wildman–Crippen MR) is 129 cm³/mol. The number of imidazole rings is 1. The van der Waals surface area contributed by atoms with E-state index < -0.39 is 11.5 Å². The van der Waals surface area contributed by atoms with Gasteiger partial charge in [0.25, 0.3) is 5.91 Å². The Morgan fingerprint density at radius 1 is 1.06 bits per heavy atom. The van der Waals surface area contributed by atoms with Gasteiger partial charge in [0.15, 0.2) is 5.82 Å². The van der Waals surface area contributed by atoms with Crippen LogP contribution < -0.4 is 5.32 Å². The van der Waals surface area contributed by atoms with Gasteiger partial charge in [0.05, 0.1) is 23.6 Å². The maximum absolute atomic E-state index is 13.8. The Bertz CT molecular complexity index is 1460. The number of hydrogen-bond donors (Lipinski definition) is 2. The lowest BCUT2D eigenvalue weighted by Crippen LogP contribution is -2.44. The molecule has 0 saturated carbocycles. The van der Waals surface area contributed by atoms with Crippen molar-refractivity contribution in [2.45, 2.75) is 12.5 Å². The minimum atomic E-state index is -1.48. The molecule has 0 saturated heterocycles. The van der Waals surface area contributed by atoms with Gasteiger partial charge in [-0.05, 0) is 24.6 Å². The summed E-state index contributed by atoms with van der Waals surface area (Å²) < 4.78 is 5.91. The lowest BCUT2D eigenvalue weighted by Gasteiger charge is -2.31. The largest absolute Gasteiger partial charge is 0.357 e. The van der Waals surface area contributed by atoms with E-state index in [0.29, 0.717) is 17.1 Å². The van der Waals surface area contributed by atoms with Crippen molar-refractivity contribution in [3.63, 3.8) is 0 Å². The number of aryl methyl sites for hydroxylation is 1. The average molecular weight is 451 g/mol. The van der Waals surface area contributed by atoms with Crippen LogP contribution in [0.4, 0.5) is 5.69 Å². The van der Waals surface area contributed by atoms with Crippen molar-refractivity contribution in [3.8, 4) is 11.1 Å². The molecule has 5 aromatic rings. The van der Waals surface area contributed by atoms with Gasteiger partial charge in [-0.3, -0.25) is 9.78 Å². The number of aromatic nitrogens is 5. The second kappa shape index (κ2) is 8.84. The number of nitrogens with one attached hydrogen (secondary N) is 2. The van der Waals surface area contributed by atoms with E-state index in [1.807, 2.05) is 61.5 Å². The molecule has 0 unspecified atom stereocenters. The fourth-order valence-corrected chi connectivity index (χ4v) is 4.19. The Morgan fingerprint density at radius 2 is 1.88 bits per heavy atom. The van der Waals surface area contributed by atoms with Crippen molar-refractivity contribution in [2.75, 3.05) is 12.4 Å². The summed E-state index contributed by atoms with van der Waals surface area (Å²) in [5, 5.41) is 12.2. The quantitative estimate of drug-likeness (QED) is 0.401. The van der Waals surface area contributed by atoms with Crippen molar-refractivity contribution < 1.29 is 9.53 Å². The Morgan fingerprint density at radius 3 is 2.68 bits per heavy atom. The summed E-state index contributed by atoms with van der Waals surface area (Å²) in [5.41, 5.74) is 3.10. The molecule has 3 aromatic heterocycles.